The molecular formula is C26H26FN3O3. The fourth-order valence-corrected chi connectivity index (χ4v) is 4.10. The van der Waals surface area contributed by atoms with Crippen LogP contribution < -0.4 is 16.2 Å². The molecule has 170 valence electrons. The Labute approximate surface area is 191 Å². The van der Waals surface area contributed by atoms with Gasteiger partial charge in [-0.05, 0) is 79.4 Å². The van der Waals surface area contributed by atoms with Crippen LogP contribution in [-0.4, -0.2) is 22.9 Å². The number of hydrogen-bond acceptors (Lipinski definition) is 3. The molecule has 6 nitrogen and oxygen atoms in total. The third-order valence-corrected chi connectivity index (χ3v) is 5.98. The predicted octanol–water partition coefficient (Wildman–Crippen LogP) is 4.54. The van der Waals surface area contributed by atoms with Crippen LogP contribution in [0.3, 0.4) is 0 Å². The first-order valence-electron chi connectivity index (χ1n) is 11.2. The van der Waals surface area contributed by atoms with Crippen molar-refractivity contribution in [2.45, 2.75) is 32.1 Å². The lowest BCUT2D eigenvalue weighted by Crippen LogP contribution is -2.35. The van der Waals surface area contributed by atoms with Gasteiger partial charge < -0.3 is 10.6 Å². The number of rotatable bonds is 6. The van der Waals surface area contributed by atoms with Gasteiger partial charge in [0.2, 0.25) is 0 Å². The van der Waals surface area contributed by atoms with Gasteiger partial charge in [-0.25, -0.2) is 4.39 Å². The molecule has 0 radical (unpaired) electrons. The van der Waals surface area contributed by atoms with Crippen molar-refractivity contribution in [3.63, 3.8) is 0 Å². The fraction of sp³-hybridized carbons (Fsp3) is 0.269. The number of carbonyl (C=O) groups excluding carboxylic acids is 2. The van der Waals surface area contributed by atoms with E-state index in [4.69, 9.17) is 0 Å². The molecule has 0 unspecified atom stereocenters. The lowest BCUT2D eigenvalue weighted by molar-refractivity contribution is 0.0941. The third-order valence-electron chi connectivity index (χ3n) is 5.98. The molecule has 0 bridgehead atoms. The molecule has 1 fully saturated rings. The Morgan fingerprint density at radius 1 is 0.909 bits per heavy atom. The van der Waals surface area contributed by atoms with Crippen LogP contribution in [0, 0.1) is 11.7 Å². The summed E-state index contributed by atoms with van der Waals surface area (Å²) in [5.74, 6) is -0.655. The second-order valence-corrected chi connectivity index (χ2v) is 8.32. The molecule has 4 rings (SSSR count). The molecule has 1 aliphatic carbocycles. The van der Waals surface area contributed by atoms with E-state index in [1.165, 1.54) is 54.2 Å². The number of carbonyl (C=O) groups is 2. The van der Waals surface area contributed by atoms with E-state index in [9.17, 15) is 18.8 Å². The van der Waals surface area contributed by atoms with Gasteiger partial charge in [0.25, 0.3) is 17.4 Å². The average molecular weight is 448 g/mol. The zero-order valence-electron chi connectivity index (χ0n) is 18.2. The summed E-state index contributed by atoms with van der Waals surface area (Å²) in [6, 6.07) is 15.2. The topological polar surface area (TPSA) is 80.2 Å². The summed E-state index contributed by atoms with van der Waals surface area (Å²) < 4.78 is 14.4. The van der Waals surface area contributed by atoms with Crippen LogP contribution in [0.25, 0.3) is 5.69 Å². The standard InChI is InChI=1S/C26H26FN3O3/c27-20-10-8-19(9-11-20)24(31)29-21-12-14-22(15-13-21)30-16-4-7-23(26(30)33)25(32)28-17-18-5-2-1-3-6-18/h4,7-16,18H,1-3,5-6,17H2,(H,28,32)(H,29,31). The number of hydrogen-bond donors (Lipinski definition) is 2. The van der Waals surface area contributed by atoms with Crippen molar-refractivity contribution in [1.82, 2.24) is 9.88 Å². The molecule has 33 heavy (non-hydrogen) atoms. The predicted molar refractivity (Wildman–Crippen MR) is 125 cm³/mol. The summed E-state index contributed by atoms with van der Waals surface area (Å²) >= 11 is 0. The number of anilines is 1. The Hall–Kier alpha value is -3.74. The minimum atomic E-state index is -0.411. The van der Waals surface area contributed by atoms with Gasteiger partial charge in [0.1, 0.15) is 11.4 Å². The quantitative estimate of drug-likeness (QED) is 0.582. The Balaban J connectivity index is 1.44. The zero-order chi connectivity index (χ0) is 23.2. The van der Waals surface area contributed by atoms with Crippen molar-refractivity contribution < 1.29 is 14.0 Å². The van der Waals surface area contributed by atoms with Crippen LogP contribution in [0.1, 0.15) is 52.8 Å². The monoisotopic (exact) mass is 447 g/mol. The molecule has 1 aromatic heterocycles. The first kappa shape index (κ1) is 22.5. The van der Waals surface area contributed by atoms with E-state index in [0.717, 1.165) is 12.8 Å². The molecular weight excluding hydrogens is 421 g/mol. The van der Waals surface area contributed by atoms with E-state index in [2.05, 4.69) is 10.6 Å². The largest absolute Gasteiger partial charge is 0.352 e. The van der Waals surface area contributed by atoms with E-state index in [1.54, 1.807) is 36.5 Å². The molecule has 2 N–H and O–H groups in total. The summed E-state index contributed by atoms with van der Waals surface area (Å²) in [7, 11) is 0. The maximum absolute atomic E-state index is 13.0. The number of nitrogens with one attached hydrogen (secondary N) is 2. The first-order valence-corrected chi connectivity index (χ1v) is 11.2. The highest BCUT2D eigenvalue weighted by atomic mass is 19.1. The number of halogens is 1. The minimum absolute atomic E-state index is 0.0991. The first-order chi connectivity index (χ1) is 16.0. The van der Waals surface area contributed by atoms with E-state index >= 15 is 0 Å². The summed E-state index contributed by atoms with van der Waals surface area (Å²) in [6.45, 7) is 0.593. The van der Waals surface area contributed by atoms with E-state index in [0.29, 0.717) is 29.4 Å². The molecule has 0 aliphatic heterocycles. The van der Waals surface area contributed by atoms with Crippen molar-refractivity contribution in [2.24, 2.45) is 5.92 Å². The van der Waals surface area contributed by atoms with E-state index in [1.807, 2.05) is 0 Å². The number of pyridine rings is 1. The highest BCUT2D eigenvalue weighted by Crippen LogP contribution is 2.22. The van der Waals surface area contributed by atoms with Gasteiger partial charge in [-0.3, -0.25) is 19.0 Å². The summed E-state index contributed by atoms with van der Waals surface area (Å²) in [5.41, 5.74) is 1.14. The number of benzene rings is 2. The van der Waals surface area contributed by atoms with Crippen molar-refractivity contribution in [3.8, 4) is 5.69 Å². The third kappa shape index (κ3) is 5.55. The molecule has 0 spiro atoms. The van der Waals surface area contributed by atoms with Gasteiger partial charge in [-0.15, -0.1) is 0 Å². The van der Waals surface area contributed by atoms with Gasteiger partial charge in [0.05, 0.1) is 0 Å². The van der Waals surface area contributed by atoms with Crippen molar-refractivity contribution in [3.05, 3.63) is 94.2 Å². The fourth-order valence-electron chi connectivity index (χ4n) is 4.10. The molecule has 2 aromatic carbocycles. The Morgan fingerprint density at radius 3 is 2.30 bits per heavy atom. The Kier molecular flexibility index (Phi) is 6.98. The number of nitrogens with zero attached hydrogens (tertiary/aromatic N) is 1. The Bertz CT molecular complexity index is 1180. The van der Waals surface area contributed by atoms with Crippen LogP contribution in [0.5, 0.6) is 0 Å². The lowest BCUT2D eigenvalue weighted by Gasteiger charge is -2.21. The molecule has 1 saturated carbocycles. The van der Waals surface area contributed by atoms with Crippen LogP contribution in [-0.2, 0) is 0 Å². The summed E-state index contributed by atoms with van der Waals surface area (Å²) in [6.07, 6.45) is 7.47. The average Bonchev–Trinajstić information content (AvgIpc) is 2.84. The van der Waals surface area contributed by atoms with Gasteiger partial charge in [0, 0.05) is 29.7 Å². The maximum atomic E-state index is 13.0. The molecule has 1 heterocycles. The molecule has 0 saturated heterocycles. The van der Waals surface area contributed by atoms with Crippen LogP contribution in [0.2, 0.25) is 0 Å². The van der Waals surface area contributed by atoms with Crippen molar-refractivity contribution in [1.29, 1.82) is 0 Å². The van der Waals surface area contributed by atoms with Gasteiger partial charge in [-0.1, -0.05) is 19.3 Å². The smallest absolute Gasteiger partial charge is 0.267 e. The van der Waals surface area contributed by atoms with Gasteiger partial charge >= 0.3 is 0 Å². The molecule has 0 atom stereocenters. The summed E-state index contributed by atoms with van der Waals surface area (Å²) in [5, 5.41) is 5.65. The molecule has 2 amide bonds. The normalized spacial score (nSPS) is 14.0. The van der Waals surface area contributed by atoms with Gasteiger partial charge in [0.15, 0.2) is 0 Å². The highest BCUT2D eigenvalue weighted by molar-refractivity contribution is 6.04. The van der Waals surface area contributed by atoms with E-state index < -0.39 is 11.4 Å². The lowest BCUT2D eigenvalue weighted by atomic mass is 9.89. The molecule has 7 heteroatoms. The Morgan fingerprint density at radius 2 is 1.61 bits per heavy atom. The minimum Gasteiger partial charge on any atom is -0.352 e. The highest BCUT2D eigenvalue weighted by Gasteiger charge is 2.17. The van der Waals surface area contributed by atoms with Crippen LogP contribution >= 0.6 is 0 Å². The van der Waals surface area contributed by atoms with Crippen LogP contribution in [0.15, 0.2) is 71.7 Å². The van der Waals surface area contributed by atoms with E-state index in [-0.39, 0.29) is 17.4 Å². The molecule has 1 aliphatic rings. The number of amides is 2. The van der Waals surface area contributed by atoms with Crippen molar-refractivity contribution >= 4 is 17.5 Å². The number of aromatic nitrogens is 1. The second-order valence-electron chi connectivity index (χ2n) is 8.32. The second kappa shape index (κ2) is 10.3. The van der Waals surface area contributed by atoms with Crippen molar-refractivity contribution in [2.75, 3.05) is 11.9 Å². The van der Waals surface area contributed by atoms with Gasteiger partial charge in [-0.2, -0.15) is 0 Å². The molecule has 3 aromatic rings. The SMILES string of the molecule is O=C(Nc1ccc(-n2cccc(C(=O)NCC3CCCCC3)c2=O)cc1)c1ccc(F)cc1. The summed E-state index contributed by atoms with van der Waals surface area (Å²) in [4.78, 5) is 37.9. The van der Waals surface area contributed by atoms with Crippen LogP contribution in [0.4, 0.5) is 10.1 Å². The zero-order valence-corrected chi connectivity index (χ0v) is 18.2. The maximum Gasteiger partial charge on any atom is 0.267 e.